The van der Waals surface area contributed by atoms with Crippen molar-refractivity contribution in [2.24, 2.45) is 0 Å². The zero-order valence-corrected chi connectivity index (χ0v) is 15.4. The normalized spacial score (nSPS) is 11.1. The molecule has 0 amide bonds. The molecule has 0 unspecified atom stereocenters. The van der Waals surface area contributed by atoms with Gasteiger partial charge < -0.3 is 0 Å². The van der Waals surface area contributed by atoms with Crippen LogP contribution in [-0.2, 0) is 0 Å². The van der Waals surface area contributed by atoms with E-state index in [0.717, 1.165) is 5.69 Å². The van der Waals surface area contributed by atoms with E-state index in [2.05, 4.69) is 126 Å². The molecule has 126 valence electrons. The maximum absolute atomic E-state index is 3.95. The van der Waals surface area contributed by atoms with Crippen molar-refractivity contribution in [2.75, 3.05) is 5.09 Å². The number of para-hydroxylation sites is 1. The van der Waals surface area contributed by atoms with Crippen molar-refractivity contribution < 1.29 is 0 Å². The third kappa shape index (κ3) is 3.14. The minimum absolute atomic E-state index is 1.14. The van der Waals surface area contributed by atoms with Gasteiger partial charge in [0.1, 0.15) is 15.9 Å². The van der Waals surface area contributed by atoms with Crippen molar-refractivity contribution in [3.05, 3.63) is 121 Å². The Labute approximate surface area is 155 Å². The molecular formula is C24H21NP+. The molecule has 0 aliphatic carbocycles. The van der Waals surface area contributed by atoms with Gasteiger partial charge in [0.2, 0.25) is 0 Å². The second kappa shape index (κ2) is 7.56. The maximum atomic E-state index is 3.95. The second-order valence-electron chi connectivity index (χ2n) is 6.16. The Morgan fingerprint density at radius 2 is 0.692 bits per heavy atom. The molecule has 0 saturated carbocycles. The first-order chi connectivity index (χ1) is 12.9. The first kappa shape index (κ1) is 16.6. The lowest BCUT2D eigenvalue weighted by Gasteiger charge is -2.28. The lowest BCUT2D eigenvalue weighted by molar-refractivity contribution is 1.65. The number of rotatable bonds is 5. The van der Waals surface area contributed by atoms with Crippen LogP contribution in [0.15, 0.2) is 121 Å². The highest BCUT2D eigenvalue weighted by Gasteiger charge is 2.45. The summed E-state index contributed by atoms with van der Waals surface area (Å²) in [6.07, 6.45) is 0. The third-order valence-electron chi connectivity index (χ3n) is 4.50. The van der Waals surface area contributed by atoms with Gasteiger partial charge in [-0.05, 0) is 48.5 Å². The van der Waals surface area contributed by atoms with Crippen molar-refractivity contribution in [2.45, 2.75) is 0 Å². The predicted octanol–water partition coefficient (Wildman–Crippen LogP) is 5.01. The van der Waals surface area contributed by atoms with E-state index in [4.69, 9.17) is 0 Å². The Kier molecular flexibility index (Phi) is 4.82. The average molecular weight is 354 g/mol. The summed E-state index contributed by atoms with van der Waals surface area (Å²) in [5.74, 6) is 0. The number of hydrogen-bond acceptors (Lipinski definition) is 1. The van der Waals surface area contributed by atoms with E-state index in [1.165, 1.54) is 15.9 Å². The van der Waals surface area contributed by atoms with E-state index < -0.39 is 7.41 Å². The summed E-state index contributed by atoms with van der Waals surface area (Å²) in [5, 5.41) is 7.91. The van der Waals surface area contributed by atoms with E-state index in [1.807, 2.05) is 0 Å². The summed E-state index contributed by atoms with van der Waals surface area (Å²) < 4.78 is 0. The lowest BCUT2D eigenvalue weighted by Crippen LogP contribution is -2.36. The molecule has 0 aliphatic heterocycles. The summed E-state index contributed by atoms with van der Waals surface area (Å²) in [5.41, 5.74) is 1.14. The van der Waals surface area contributed by atoms with Crippen LogP contribution in [0.1, 0.15) is 0 Å². The van der Waals surface area contributed by atoms with Gasteiger partial charge in [-0.2, -0.15) is 0 Å². The van der Waals surface area contributed by atoms with Gasteiger partial charge in [0, 0.05) is 0 Å². The van der Waals surface area contributed by atoms with E-state index in [0.29, 0.717) is 0 Å². The topological polar surface area (TPSA) is 12.0 Å². The maximum Gasteiger partial charge on any atom is 0.199 e. The molecule has 4 aromatic carbocycles. The Bertz CT molecular complexity index is 842. The monoisotopic (exact) mass is 354 g/mol. The van der Waals surface area contributed by atoms with Gasteiger partial charge >= 0.3 is 0 Å². The molecule has 0 aliphatic rings. The largest absolute Gasteiger partial charge is 0.247 e. The molecule has 1 nitrogen and oxygen atoms in total. The molecule has 0 atom stereocenters. The van der Waals surface area contributed by atoms with E-state index in [1.54, 1.807) is 0 Å². The van der Waals surface area contributed by atoms with Crippen LogP contribution in [0.3, 0.4) is 0 Å². The van der Waals surface area contributed by atoms with Crippen molar-refractivity contribution in [3.8, 4) is 0 Å². The first-order valence-electron chi connectivity index (χ1n) is 8.79. The summed E-state index contributed by atoms with van der Waals surface area (Å²) in [6.45, 7) is 0. The molecule has 0 fully saturated rings. The standard InChI is InChI=1S/C24H21NP/c1-5-13-21(14-6-1)25-26(22-15-7-2-8-16-22,23-17-9-3-10-18-23)24-19-11-4-12-20-24/h1-20,25H/q+1. The fraction of sp³-hybridized carbons (Fsp3) is 0. The zero-order chi connectivity index (χ0) is 17.7. The van der Waals surface area contributed by atoms with Crippen molar-refractivity contribution >= 4 is 29.0 Å². The van der Waals surface area contributed by atoms with Crippen LogP contribution in [0.2, 0.25) is 0 Å². The molecule has 0 saturated heterocycles. The molecule has 4 rings (SSSR count). The van der Waals surface area contributed by atoms with Crippen LogP contribution in [-0.4, -0.2) is 0 Å². The molecule has 0 spiro atoms. The first-order valence-corrected chi connectivity index (χ1v) is 10.6. The van der Waals surface area contributed by atoms with Crippen LogP contribution in [0.5, 0.6) is 0 Å². The molecular weight excluding hydrogens is 333 g/mol. The number of anilines is 1. The molecule has 2 heteroatoms. The van der Waals surface area contributed by atoms with Crippen LogP contribution in [0, 0.1) is 0 Å². The van der Waals surface area contributed by atoms with Gasteiger partial charge in [-0.15, -0.1) is 0 Å². The molecule has 0 radical (unpaired) electrons. The highest BCUT2D eigenvalue weighted by Crippen LogP contribution is 2.54. The van der Waals surface area contributed by atoms with E-state index in [9.17, 15) is 0 Å². The number of nitrogens with one attached hydrogen (secondary N) is 1. The Hall–Kier alpha value is -2.89. The highest BCUT2D eigenvalue weighted by atomic mass is 31.2. The van der Waals surface area contributed by atoms with Gasteiger partial charge in [0.25, 0.3) is 0 Å². The summed E-state index contributed by atoms with van der Waals surface area (Å²) in [6, 6.07) is 42.9. The lowest BCUT2D eigenvalue weighted by atomic mass is 10.3. The van der Waals surface area contributed by atoms with Gasteiger partial charge in [-0.1, -0.05) is 72.8 Å². The van der Waals surface area contributed by atoms with Crippen LogP contribution in [0.4, 0.5) is 5.69 Å². The Morgan fingerprint density at radius 1 is 0.385 bits per heavy atom. The van der Waals surface area contributed by atoms with Crippen molar-refractivity contribution in [1.29, 1.82) is 0 Å². The molecule has 0 bridgehead atoms. The molecule has 1 N–H and O–H groups in total. The van der Waals surface area contributed by atoms with Gasteiger partial charge in [0.15, 0.2) is 7.41 Å². The molecule has 4 aromatic rings. The smallest absolute Gasteiger partial charge is 0.199 e. The minimum Gasteiger partial charge on any atom is -0.247 e. The molecule has 26 heavy (non-hydrogen) atoms. The SMILES string of the molecule is c1ccc(N[P+](c2ccccc2)(c2ccccc2)c2ccccc2)cc1. The third-order valence-corrected chi connectivity index (χ3v) is 8.31. The molecule has 0 heterocycles. The fourth-order valence-corrected chi connectivity index (χ4v) is 6.98. The fourth-order valence-electron chi connectivity index (χ4n) is 3.30. The van der Waals surface area contributed by atoms with Gasteiger partial charge in [0.05, 0.1) is 5.69 Å². The second-order valence-corrected chi connectivity index (χ2v) is 9.27. The van der Waals surface area contributed by atoms with Gasteiger partial charge in [-0.25, -0.2) is 5.09 Å². The Morgan fingerprint density at radius 3 is 1.04 bits per heavy atom. The minimum atomic E-state index is -2.03. The summed E-state index contributed by atoms with van der Waals surface area (Å²) in [4.78, 5) is 0. The van der Waals surface area contributed by atoms with Crippen molar-refractivity contribution in [1.82, 2.24) is 0 Å². The zero-order valence-electron chi connectivity index (χ0n) is 14.5. The summed E-state index contributed by atoms with van der Waals surface area (Å²) >= 11 is 0. The summed E-state index contributed by atoms with van der Waals surface area (Å²) in [7, 11) is -2.03. The van der Waals surface area contributed by atoms with Crippen molar-refractivity contribution in [3.63, 3.8) is 0 Å². The highest BCUT2D eigenvalue weighted by molar-refractivity contribution is 7.96. The van der Waals surface area contributed by atoms with Crippen LogP contribution in [0.25, 0.3) is 0 Å². The molecule has 0 aromatic heterocycles. The van der Waals surface area contributed by atoms with Gasteiger partial charge in [-0.3, -0.25) is 0 Å². The van der Waals surface area contributed by atoms with E-state index >= 15 is 0 Å². The quantitative estimate of drug-likeness (QED) is 0.497. The Balaban J connectivity index is 2.00. The average Bonchev–Trinajstić information content (AvgIpc) is 2.75. The van der Waals surface area contributed by atoms with E-state index in [-0.39, 0.29) is 0 Å². The predicted molar refractivity (Wildman–Crippen MR) is 115 cm³/mol. The van der Waals surface area contributed by atoms with Crippen LogP contribution >= 0.6 is 7.41 Å². The van der Waals surface area contributed by atoms with Crippen LogP contribution < -0.4 is 21.0 Å². The number of hydrogen-bond donors (Lipinski definition) is 1. The number of benzene rings is 4.